The smallest absolute Gasteiger partial charge is 0.294 e. The molecule has 2 aromatic rings. The van der Waals surface area contributed by atoms with Crippen molar-refractivity contribution in [3.8, 4) is 11.5 Å². The van der Waals surface area contributed by atoms with Crippen molar-refractivity contribution < 1.29 is 28.2 Å². The summed E-state index contributed by atoms with van der Waals surface area (Å²) >= 11 is 0.817. The molecule has 0 aliphatic carbocycles. The molecule has 0 radical (unpaired) electrons. The Hall–Kier alpha value is -3.33. The molecule has 178 valence electrons. The first-order valence-electron chi connectivity index (χ1n) is 11.0. The Balaban J connectivity index is 1.43. The second kappa shape index (κ2) is 10.7. The molecule has 0 saturated carbocycles. The van der Waals surface area contributed by atoms with Crippen LogP contribution in [0.15, 0.2) is 47.4 Å². The van der Waals surface area contributed by atoms with Crippen LogP contribution < -0.4 is 9.47 Å². The Labute approximate surface area is 201 Å². The largest absolute Gasteiger partial charge is 0.493 e. The van der Waals surface area contributed by atoms with E-state index in [0.29, 0.717) is 30.2 Å². The van der Waals surface area contributed by atoms with Crippen LogP contribution in [0.25, 0.3) is 6.08 Å². The number of thioether (sulfide) groups is 1. The fraction of sp³-hybridized carbons (Fsp3) is 0.320. The first-order chi connectivity index (χ1) is 16.4. The van der Waals surface area contributed by atoms with Crippen LogP contribution in [-0.2, 0) is 16.2 Å². The minimum absolute atomic E-state index is 0.201. The van der Waals surface area contributed by atoms with Gasteiger partial charge in [0.1, 0.15) is 19.0 Å². The maximum Gasteiger partial charge on any atom is 0.294 e. The van der Waals surface area contributed by atoms with Crippen LogP contribution in [0.4, 0.5) is 9.18 Å². The summed E-state index contributed by atoms with van der Waals surface area (Å²) in [5, 5.41) is -0.451. The molecule has 2 heterocycles. The number of amides is 3. The van der Waals surface area contributed by atoms with E-state index in [-0.39, 0.29) is 29.8 Å². The summed E-state index contributed by atoms with van der Waals surface area (Å²) in [5.41, 5.74) is 1.46. The third kappa shape index (κ3) is 5.59. The highest BCUT2D eigenvalue weighted by atomic mass is 32.2. The molecule has 9 heteroatoms. The molecule has 2 aromatic carbocycles. The number of piperidine rings is 1. The number of hydrogen-bond donors (Lipinski definition) is 0. The standard InChI is InChI=1S/C25H25FN2O5S/c1-32-21-13-18(7-10-20(21)33-16-17-5-8-19(26)9-6-17)14-22-24(30)28(25(31)34-22)15-23(29)27-11-3-2-4-12-27/h5-10,13-14H,2-4,11-12,15-16H2,1H3/b22-14-. The summed E-state index contributed by atoms with van der Waals surface area (Å²) in [6.07, 6.45) is 4.58. The van der Waals surface area contributed by atoms with E-state index in [9.17, 15) is 18.8 Å². The highest BCUT2D eigenvalue weighted by Gasteiger charge is 2.37. The first kappa shape index (κ1) is 23.8. The van der Waals surface area contributed by atoms with Crippen molar-refractivity contribution in [2.24, 2.45) is 0 Å². The number of rotatable bonds is 7. The Kier molecular flexibility index (Phi) is 7.52. The normalized spacial score (nSPS) is 17.4. The van der Waals surface area contributed by atoms with Crippen LogP contribution in [0.1, 0.15) is 30.4 Å². The number of carbonyl (C=O) groups excluding carboxylic acids is 3. The van der Waals surface area contributed by atoms with Gasteiger partial charge in [-0.05, 0) is 72.5 Å². The number of ether oxygens (including phenoxy) is 2. The lowest BCUT2D eigenvalue weighted by molar-refractivity contribution is -0.136. The maximum absolute atomic E-state index is 13.1. The number of hydrogen-bond acceptors (Lipinski definition) is 6. The molecular weight excluding hydrogens is 459 g/mol. The summed E-state index contributed by atoms with van der Waals surface area (Å²) in [5.74, 6) is -0.0472. The van der Waals surface area contributed by atoms with Gasteiger partial charge in [-0.1, -0.05) is 18.2 Å². The number of halogens is 1. The van der Waals surface area contributed by atoms with Crippen LogP contribution in [0.2, 0.25) is 0 Å². The minimum Gasteiger partial charge on any atom is -0.493 e. The van der Waals surface area contributed by atoms with E-state index in [4.69, 9.17) is 9.47 Å². The quantitative estimate of drug-likeness (QED) is 0.540. The van der Waals surface area contributed by atoms with Gasteiger partial charge >= 0.3 is 0 Å². The molecule has 2 fully saturated rings. The molecule has 7 nitrogen and oxygen atoms in total. The van der Waals surface area contributed by atoms with E-state index in [2.05, 4.69) is 0 Å². The van der Waals surface area contributed by atoms with E-state index in [1.165, 1.54) is 19.2 Å². The molecule has 0 aromatic heterocycles. The summed E-state index contributed by atoms with van der Waals surface area (Å²) < 4.78 is 24.3. The van der Waals surface area contributed by atoms with Crippen LogP contribution in [0.3, 0.4) is 0 Å². The van der Waals surface area contributed by atoms with E-state index >= 15 is 0 Å². The van der Waals surface area contributed by atoms with Crippen molar-refractivity contribution in [3.63, 3.8) is 0 Å². The van der Waals surface area contributed by atoms with Crippen molar-refractivity contribution in [1.82, 2.24) is 9.80 Å². The molecule has 0 atom stereocenters. The number of likely N-dealkylation sites (tertiary alicyclic amines) is 1. The highest BCUT2D eigenvalue weighted by Crippen LogP contribution is 2.35. The monoisotopic (exact) mass is 484 g/mol. The Morgan fingerprint density at radius 3 is 2.50 bits per heavy atom. The Morgan fingerprint density at radius 2 is 1.79 bits per heavy atom. The van der Waals surface area contributed by atoms with Gasteiger partial charge in [-0.3, -0.25) is 19.3 Å². The van der Waals surface area contributed by atoms with E-state index in [0.717, 1.165) is 41.5 Å². The zero-order chi connectivity index (χ0) is 24.1. The number of benzene rings is 2. The van der Waals surface area contributed by atoms with Crippen molar-refractivity contribution in [1.29, 1.82) is 0 Å². The molecule has 34 heavy (non-hydrogen) atoms. The fourth-order valence-electron chi connectivity index (χ4n) is 3.80. The second-order valence-electron chi connectivity index (χ2n) is 8.03. The topological polar surface area (TPSA) is 76.2 Å². The van der Waals surface area contributed by atoms with Crippen LogP contribution in [0.5, 0.6) is 11.5 Å². The Morgan fingerprint density at radius 1 is 1.06 bits per heavy atom. The summed E-state index contributed by atoms with van der Waals surface area (Å²) in [4.78, 5) is 40.7. The number of methoxy groups -OCH3 is 1. The van der Waals surface area contributed by atoms with Crippen molar-refractivity contribution in [2.45, 2.75) is 25.9 Å². The molecule has 4 rings (SSSR count). The first-order valence-corrected chi connectivity index (χ1v) is 11.8. The number of imide groups is 1. The Bertz CT molecular complexity index is 1110. The molecule has 3 amide bonds. The maximum atomic E-state index is 13.1. The highest BCUT2D eigenvalue weighted by molar-refractivity contribution is 8.18. The van der Waals surface area contributed by atoms with E-state index < -0.39 is 11.1 Å². The van der Waals surface area contributed by atoms with Gasteiger partial charge in [-0.2, -0.15) is 0 Å². The van der Waals surface area contributed by atoms with Crippen LogP contribution >= 0.6 is 11.8 Å². The molecule has 0 N–H and O–H groups in total. The van der Waals surface area contributed by atoms with Gasteiger partial charge in [-0.15, -0.1) is 0 Å². The lowest BCUT2D eigenvalue weighted by atomic mass is 10.1. The molecule has 2 aliphatic rings. The third-order valence-electron chi connectivity index (χ3n) is 5.67. The van der Waals surface area contributed by atoms with Gasteiger partial charge in [0.2, 0.25) is 5.91 Å². The van der Waals surface area contributed by atoms with Gasteiger partial charge < -0.3 is 14.4 Å². The lowest BCUT2D eigenvalue weighted by Crippen LogP contribution is -2.44. The lowest BCUT2D eigenvalue weighted by Gasteiger charge is -2.27. The average Bonchev–Trinajstić information content (AvgIpc) is 3.11. The van der Waals surface area contributed by atoms with Crippen molar-refractivity contribution in [2.75, 3.05) is 26.7 Å². The summed E-state index contributed by atoms with van der Waals surface area (Å²) in [7, 11) is 1.50. The van der Waals surface area contributed by atoms with Crippen LogP contribution in [-0.4, -0.2) is 53.6 Å². The average molecular weight is 485 g/mol. The molecule has 0 bridgehead atoms. The fourth-order valence-corrected chi connectivity index (χ4v) is 4.64. The number of carbonyl (C=O) groups is 3. The SMILES string of the molecule is COc1cc(/C=C2\SC(=O)N(CC(=O)N3CCCCC3)C2=O)ccc1OCc1ccc(F)cc1. The summed E-state index contributed by atoms with van der Waals surface area (Å²) in [6.45, 7) is 1.34. The van der Waals surface area contributed by atoms with Gasteiger partial charge in [0.15, 0.2) is 11.5 Å². The predicted molar refractivity (Wildman–Crippen MR) is 127 cm³/mol. The van der Waals surface area contributed by atoms with Gasteiger partial charge in [0, 0.05) is 13.1 Å². The molecule has 0 unspecified atom stereocenters. The van der Waals surface area contributed by atoms with E-state index in [1.807, 2.05) is 0 Å². The molecule has 2 saturated heterocycles. The predicted octanol–water partition coefficient (Wildman–Crippen LogP) is 4.46. The number of nitrogens with zero attached hydrogens (tertiary/aromatic N) is 2. The minimum atomic E-state index is -0.476. The zero-order valence-electron chi connectivity index (χ0n) is 18.8. The van der Waals surface area contributed by atoms with Crippen molar-refractivity contribution >= 4 is 34.9 Å². The van der Waals surface area contributed by atoms with Crippen LogP contribution in [0, 0.1) is 5.82 Å². The van der Waals surface area contributed by atoms with Gasteiger partial charge in [-0.25, -0.2) is 4.39 Å². The van der Waals surface area contributed by atoms with E-state index in [1.54, 1.807) is 41.3 Å². The van der Waals surface area contributed by atoms with Gasteiger partial charge in [0.05, 0.1) is 12.0 Å². The second-order valence-corrected chi connectivity index (χ2v) is 9.03. The van der Waals surface area contributed by atoms with Gasteiger partial charge in [0.25, 0.3) is 11.1 Å². The molecule has 0 spiro atoms. The molecular formula is C25H25FN2O5S. The zero-order valence-corrected chi connectivity index (χ0v) is 19.6. The molecule has 2 aliphatic heterocycles. The third-order valence-corrected chi connectivity index (χ3v) is 6.58. The summed E-state index contributed by atoms with van der Waals surface area (Å²) in [6, 6.07) is 11.2. The van der Waals surface area contributed by atoms with Crippen molar-refractivity contribution in [3.05, 3.63) is 64.3 Å².